The van der Waals surface area contributed by atoms with Crippen LogP contribution in [0.3, 0.4) is 0 Å². The van der Waals surface area contributed by atoms with Crippen LogP contribution in [-0.2, 0) is 4.74 Å². The molecule has 0 radical (unpaired) electrons. The number of ether oxygens (including phenoxy) is 2. The van der Waals surface area contributed by atoms with Crippen molar-refractivity contribution in [2.24, 2.45) is 0 Å². The van der Waals surface area contributed by atoms with Gasteiger partial charge < -0.3 is 9.47 Å². The Bertz CT molecular complexity index is 741. The zero-order valence-electron chi connectivity index (χ0n) is 15.5. The monoisotopic (exact) mass is 367 g/mol. The summed E-state index contributed by atoms with van der Waals surface area (Å²) < 4.78 is 11.4. The first-order chi connectivity index (χ1) is 13.1. The minimum Gasteiger partial charge on any atom is -0.497 e. The lowest BCUT2D eigenvalue weighted by atomic mass is 10.1. The quantitative estimate of drug-likeness (QED) is 0.234. The topological polar surface area (TPSA) is 61.6 Å². The molecule has 2 aromatic rings. The molecule has 0 heterocycles. The van der Waals surface area contributed by atoms with Crippen LogP contribution >= 0.6 is 0 Å². The molecule has 0 aliphatic heterocycles. The third-order valence-electron chi connectivity index (χ3n) is 4.09. The number of nitrogens with zero attached hydrogens (tertiary/aromatic N) is 1. The van der Waals surface area contributed by atoms with Gasteiger partial charge in [0.05, 0.1) is 7.11 Å². The predicted octanol–water partition coefficient (Wildman–Crippen LogP) is 5.29. The first-order valence-electron chi connectivity index (χ1n) is 8.87. The molecule has 5 heteroatoms. The molecule has 0 saturated carbocycles. The summed E-state index contributed by atoms with van der Waals surface area (Å²) in [7, 11) is 1.58. The van der Waals surface area contributed by atoms with Crippen LogP contribution in [0.25, 0.3) is 0 Å². The molecule has 142 valence electrons. The van der Waals surface area contributed by atoms with E-state index in [0.717, 1.165) is 24.0 Å². The van der Waals surface area contributed by atoms with Crippen molar-refractivity contribution in [3.63, 3.8) is 0 Å². The molecule has 0 aliphatic carbocycles. The fourth-order valence-electron chi connectivity index (χ4n) is 2.67. The van der Waals surface area contributed by atoms with E-state index in [-0.39, 0.29) is 17.6 Å². The van der Waals surface area contributed by atoms with Gasteiger partial charge in [-0.2, -0.15) is 0 Å². The van der Waals surface area contributed by atoms with E-state index in [1.807, 2.05) is 48.6 Å². The summed E-state index contributed by atoms with van der Waals surface area (Å²) in [6.07, 6.45) is 6.51. The molecule has 0 spiro atoms. The molecule has 0 fully saturated rings. The van der Waals surface area contributed by atoms with Gasteiger partial charge in [-0.15, -0.1) is 6.58 Å². The van der Waals surface area contributed by atoms with Gasteiger partial charge in [0.25, 0.3) is 0 Å². The van der Waals surface area contributed by atoms with Gasteiger partial charge in [0, 0.05) is 4.92 Å². The molecule has 0 N–H and O–H groups in total. The maximum absolute atomic E-state index is 11.2. The van der Waals surface area contributed by atoms with Gasteiger partial charge in [-0.1, -0.05) is 60.7 Å². The highest BCUT2D eigenvalue weighted by atomic mass is 16.6. The number of benzene rings is 2. The molecule has 5 nitrogen and oxygen atoms in total. The molecule has 2 aromatic carbocycles. The van der Waals surface area contributed by atoms with Crippen molar-refractivity contribution < 1.29 is 14.4 Å². The summed E-state index contributed by atoms with van der Waals surface area (Å²) in [5, 5.41) is 11.2. The number of methoxy groups -OCH3 is 1. The molecule has 2 rings (SSSR count). The average Bonchev–Trinajstić information content (AvgIpc) is 2.70. The van der Waals surface area contributed by atoms with Gasteiger partial charge in [0.1, 0.15) is 18.0 Å². The number of allylic oxidation sites excluding steroid dienone is 2. The highest BCUT2D eigenvalue weighted by Gasteiger charge is 2.23. The Balaban J connectivity index is 2.25. The van der Waals surface area contributed by atoms with Crippen LogP contribution in [0.1, 0.15) is 36.2 Å². The van der Waals surface area contributed by atoms with Crippen LogP contribution in [-0.4, -0.2) is 18.6 Å². The molecule has 0 saturated heterocycles. The minimum absolute atomic E-state index is 0.309. The Kier molecular flexibility index (Phi) is 8.26. The second-order valence-corrected chi connectivity index (χ2v) is 6.04. The van der Waals surface area contributed by atoms with Gasteiger partial charge in [-0.05, 0) is 36.1 Å². The smallest absolute Gasteiger partial charge is 0.233 e. The van der Waals surface area contributed by atoms with Crippen molar-refractivity contribution in [1.82, 2.24) is 0 Å². The van der Waals surface area contributed by atoms with Crippen LogP contribution in [0.2, 0.25) is 0 Å². The van der Waals surface area contributed by atoms with E-state index >= 15 is 0 Å². The zero-order chi connectivity index (χ0) is 19.5. The van der Waals surface area contributed by atoms with Crippen LogP contribution in [0.5, 0.6) is 5.75 Å². The first kappa shape index (κ1) is 20.4. The normalized spacial score (nSPS) is 13.2. The number of rotatable bonds is 11. The zero-order valence-corrected chi connectivity index (χ0v) is 15.5. The fourth-order valence-corrected chi connectivity index (χ4v) is 2.67. The Morgan fingerprint density at radius 1 is 1.07 bits per heavy atom. The largest absolute Gasteiger partial charge is 0.497 e. The lowest BCUT2D eigenvalue weighted by Crippen LogP contribution is -2.18. The Morgan fingerprint density at radius 3 is 2.37 bits per heavy atom. The lowest BCUT2D eigenvalue weighted by Gasteiger charge is -2.21. The molecule has 27 heavy (non-hydrogen) atoms. The van der Waals surface area contributed by atoms with Gasteiger partial charge in [-0.25, -0.2) is 0 Å². The molecule has 0 amide bonds. The molecule has 0 aromatic heterocycles. The SMILES string of the molecule is C=CCC/C=C/[C@H](O[C@H](C[N+](=O)[O-])c1ccc(OC)cc1)c1ccccc1. The summed E-state index contributed by atoms with van der Waals surface area (Å²) in [5.41, 5.74) is 1.70. The molecule has 0 unspecified atom stereocenters. The fraction of sp³-hybridized carbons (Fsp3) is 0.273. The highest BCUT2D eigenvalue weighted by molar-refractivity contribution is 5.29. The Morgan fingerprint density at radius 2 is 1.78 bits per heavy atom. The van der Waals surface area contributed by atoms with Crippen molar-refractivity contribution in [2.75, 3.05) is 13.7 Å². The van der Waals surface area contributed by atoms with E-state index in [1.54, 1.807) is 31.4 Å². The van der Waals surface area contributed by atoms with E-state index in [4.69, 9.17) is 9.47 Å². The predicted molar refractivity (Wildman–Crippen MR) is 106 cm³/mol. The minimum atomic E-state index is -0.667. The number of hydrogen-bond acceptors (Lipinski definition) is 4. The Labute approximate surface area is 160 Å². The highest BCUT2D eigenvalue weighted by Crippen LogP contribution is 2.29. The van der Waals surface area contributed by atoms with Crippen LogP contribution in [0.15, 0.2) is 79.4 Å². The molecule has 0 aliphatic rings. The van der Waals surface area contributed by atoms with Gasteiger partial charge >= 0.3 is 0 Å². The molecular formula is C22H25NO4. The third kappa shape index (κ3) is 6.72. The summed E-state index contributed by atoms with van der Waals surface area (Å²) in [4.78, 5) is 10.8. The Hall–Kier alpha value is -2.92. The van der Waals surface area contributed by atoms with Crippen molar-refractivity contribution in [3.8, 4) is 5.75 Å². The van der Waals surface area contributed by atoms with E-state index in [1.165, 1.54) is 0 Å². The summed E-state index contributed by atoms with van der Waals surface area (Å²) in [6.45, 7) is 3.41. The van der Waals surface area contributed by atoms with Gasteiger partial charge in [0.15, 0.2) is 0 Å². The summed E-state index contributed by atoms with van der Waals surface area (Å²) >= 11 is 0. The van der Waals surface area contributed by atoms with Gasteiger partial charge in [0.2, 0.25) is 6.54 Å². The van der Waals surface area contributed by atoms with Crippen LogP contribution < -0.4 is 4.74 Å². The van der Waals surface area contributed by atoms with E-state index in [2.05, 4.69) is 6.58 Å². The van der Waals surface area contributed by atoms with Crippen LogP contribution in [0.4, 0.5) is 0 Å². The number of hydrogen-bond donors (Lipinski definition) is 0. The summed E-state index contributed by atoms with van der Waals surface area (Å²) in [6, 6.07) is 16.9. The number of nitro groups is 1. The standard InChI is InChI=1S/C22H25NO4/c1-3-4-5-9-12-21(18-10-7-6-8-11-18)27-22(17-23(24)25)19-13-15-20(26-2)16-14-19/h3,6-16,21-22H,1,4-5,17H2,2H3/b12-9+/t21-,22+/m0/s1. The van der Waals surface area contributed by atoms with Gasteiger partial charge in [-0.3, -0.25) is 10.1 Å². The molecular weight excluding hydrogens is 342 g/mol. The first-order valence-corrected chi connectivity index (χ1v) is 8.87. The van der Waals surface area contributed by atoms with Crippen LogP contribution in [0, 0.1) is 10.1 Å². The molecule has 2 atom stereocenters. The summed E-state index contributed by atoms with van der Waals surface area (Å²) in [5.74, 6) is 0.697. The maximum Gasteiger partial charge on any atom is 0.233 e. The number of unbranched alkanes of at least 4 members (excludes halogenated alkanes) is 1. The van der Waals surface area contributed by atoms with Crippen molar-refractivity contribution in [2.45, 2.75) is 25.0 Å². The second-order valence-electron chi connectivity index (χ2n) is 6.04. The third-order valence-corrected chi connectivity index (χ3v) is 4.09. The van der Waals surface area contributed by atoms with E-state index in [9.17, 15) is 10.1 Å². The average molecular weight is 367 g/mol. The molecule has 0 bridgehead atoms. The maximum atomic E-state index is 11.2. The second kappa shape index (κ2) is 10.9. The van der Waals surface area contributed by atoms with Crippen molar-refractivity contribution in [3.05, 3.63) is 101 Å². The van der Waals surface area contributed by atoms with Crippen molar-refractivity contribution in [1.29, 1.82) is 0 Å². The van der Waals surface area contributed by atoms with E-state index < -0.39 is 6.10 Å². The lowest BCUT2D eigenvalue weighted by molar-refractivity contribution is -0.493. The van der Waals surface area contributed by atoms with E-state index in [0.29, 0.717) is 5.75 Å². The van der Waals surface area contributed by atoms with Crippen molar-refractivity contribution >= 4 is 0 Å².